The number of imidazole rings is 1. The Bertz CT molecular complexity index is 1360. The van der Waals surface area contributed by atoms with Gasteiger partial charge in [-0.15, -0.1) is 0 Å². The highest BCUT2D eigenvalue weighted by Gasteiger charge is 2.18. The zero-order valence-electron chi connectivity index (χ0n) is 18.2. The molecule has 5 rings (SSSR count). The number of benzene rings is 1. The van der Waals surface area contributed by atoms with E-state index in [1.165, 1.54) is 0 Å². The molecule has 162 valence electrons. The maximum atomic E-state index is 10.4. The molecule has 5 aromatic rings. The second-order valence-corrected chi connectivity index (χ2v) is 9.15. The molecule has 32 heavy (non-hydrogen) atoms. The molecule has 0 amide bonds. The van der Waals surface area contributed by atoms with Gasteiger partial charge in [0.15, 0.2) is 11.5 Å². The Hall–Kier alpha value is -3.78. The fourth-order valence-electron chi connectivity index (χ4n) is 3.77. The zero-order valence-corrected chi connectivity index (χ0v) is 18.2. The minimum absolute atomic E-state index is 0.0123. The van der Waals surface area contributed by atoms with Crippen molar-refractivity contribution in [1.82, 2.24) is 30.1 Å². The highest BCUT2D eigenvalue weighted by Crippen LogP contribution is 2.28. The summed E-state index contributed by atoms with van der Waals surface area (Å²) in [4.78, 5) is 17.2. The van der Waals surface area contributed by atoms with E-state index in [0.717, 1.165) is 39.0 Å². The van der Waals surface area contributed by atoms with Crippen LogP contribution in [0.3, 0.4) is 0 Å². The van der Waals surface area contributed by atoms with Crippen molar-refractivity contribution in [3.05, 3.63) is 54.9 Å². The summed E-state index contributed by atoms with van der Waals surface area (Å²) in [7, 11) is 0. The van der Waals surface area contributed by atoms with Crippen LogP contribution in [0.15, 0.2) is 54.9 Å². The number of rotatable bonds is 5. The summed E-state index contributed by atoms with van der Waals surface area (Å²) < 4.78 is 0. The molecule has 8 heteroatoms. The Morgan fingerprint density at radius 2 is 1.88 bits per heavy atom. The normalized spacial score (nSPS) is 13.0. The number of hydrogen-bond donors (Lipinski definition) is 4. The Balaban J connectivity index is 1.48. The number of hydrogen-bond acceptors (Lipinski definition) is 6. The molecule has 4 heterocycles. The average Bonchev–Trinajstić information content (AvgIpc) is 3.35. The number of aromatic nitrogens is 6. The van der Waals surface area contributed by atoms with Gasteiger partial charge in [0, 0.05) is 11.8 Å². The number of nitrogens with zero attached hydrogens (tertiary/aromatic N) is 4. The number of pyridine rings is 2. The first-order valence-corrected chi connectivity index (χ1v) is 10.6. The van der Waals surface area contributed by atoms with E-state index in [9.17, 15) is 5.11 Å². The number of fused-ring (bicyclic) bond motifs is 2. The van der Waals surface area contributed by atoms with Gasteiger partial charge in [-0.25, -0.2) is 9.97 Å². The molecule has 0 fully saturated rings. The van der Waals surface area contributed by atoms with Crippen molar-refractivity contribution in [2.45, 2.75) is 33.4 Å². The third-order valence-electron chi connectivity index (χ3n) is 5.19. The Morgan fingerprint density at radius 3 is 2.69 bits per heavy atom. The van der Waals surface area contributed by atoms with Crippen molar-refractivity contribution < 1.29 is 5.11 Å². The van der Waals surface area contributed by atoms with Gasteiger partial charge in [0.1, 0.15) is 11.7 Å². The van der Waals surface area contributed by atoms with Crippen molar-refractivity contribution in [3.8, 4) is 22.8 Å². The van der Waals surface area contributed by atoms with Crippen molar-refractivity contribution in [2.75, 3.05) is 5.32 Å². The predicted molar refractivity (Wildman–Crippen MR) is 126 cm³/mol. The predicted octanol–water partition coefficient (Wildman–Crippen LogP) is 4.73. The molecule has 0 aliphatic carbocycles. The zero-order chi connectivity index (χ0) is 22.3. The van der Waals surface area contributed by atoms with Crippen LogP contribution in [0.5, 0.6) is 0 Å². The van der Waals surface area contributed by atoms with Gasteiger partial charge in [-0.05, 0) is 42.2 Å². The molecule has 1 atom stereocenters. The molecule has 0 radical (unpaired) electrons. The molecule has 0 aliphatic rings. The van der Waals surface area contributed by atoms with E-state index in [1.807, 2.05) is 42.5 Å². The SMILES string of the molecule is CC(C)(C)CC(O)Nc1cncc(-c2ccc3[nH]nc(-c4nc5ccccc5[nH]4)c3n2)c1. The standard InChI is InChI=1S/C24H25N7O/c1-24(2,3)11-20(32)26-15-10-14(12-25-13-15)16-8-9-19-21(27-16)22(31-30-19)23-28-17-6-4-5-7-18(17)29-23/h4-10,12-13,20,26,32H,11H2,1-3H3,(H,28,29)(H,30,31). The fraction of sp³-hybridized carbons (Fsp3) is 0.250. The van der Waals surface area contributed by atoms with Gasteiger partial charge >= 0.3 is 0 Å². The lowest BCUT2D eigenvalue weighted by molar-refractivity contribution is 0.145. The molecule has 4 N–H and O–H groups in total. The van der Waals surface area contributed by atoms with Crippen molar-refractivity contribution in [1.29, 1.82) is 0 Å². The van der Waals surface area contributed by atoms with Gasteiger partial charge in [-0.3, -0.25) is 10.1 Å². The lowest BCUT2D eigenvalue weighted by Gasteiger charge is -2.23. The number of anilines is 1. The minimum Gasteiger partial charge on any atom is -0.374 e. The monoisotopic (exact) mass is 427 g/mol. The van der Waals surface area contributed by atoms with Gasteiger partial charge in [0.05, 0.1) is 34.1 Å². The minimum atomic E-state index is -0.656. The van der Waals surface area contributed by atoms with E-state index >= 15 is 0 Å². The smallest absolute Gasteiger partial charge is 0.161 e. The Morgan fingerprint density at radius 1 is 1.03 bits per heavy atom. The molecular weight excluding hydrogens is 402 g/mol. The third-order valence-corrected chi connectivity index (χ3v) is 5.19. The van der Waals surface area contributed by atoms with E-state index in [0.29, 0.717) is 17.9 Å². The summed E-state index contributed by atoms with van der Waals surface area (Å²) in [6.07, 6.45) is 3.43. The molecule has 0 bridgehead atoms. The molecule has 1 unspecified atom stereocenters. The van der Waals surface area contributed by atoms with Gasteiger partial charge in [-0.1, -0.05) is 32.9 Å². The topological polar surface area (TPSA) is 115 Å². The number of aromatic amines is 2. The van der Waals surface area contributed by atoms with Crippen molar-refractivity contribution in [3.63, 3.8) is 0 Å². The first kappa shape index (κ1) is 20.1. The molecule has 0 spiro atoms. The molecular formula is C24H25N7O. The lowest BCUT2D eigenvalue weighted by Crippen LogP contribution is -2.25. The van der Waals surface area contributed by atoms with Gasteiger partial charge in [0.25, 0.3) is 0 Å². The molecule has 0 saturated heterocycles. The maximum absolute atomic E-state index is 10.4. The van der Waals surface area contributed by atoms with Crippen LogP contribution >= 0.6 is 0 Å². The van der Waals surface area contributed by atoms with E-state index in [-0.39, 0.29) is 5.41 Å². The number of para-hydroxylation sites is 2. The molecule has 1 aromatic carbocycles. The van der Waals surface area contributed by atoms with Crippen LogP contribution in [0.4, 0.5) is 5.69 Å². The number of aliphatic hydroxyl groups is 1. The average molecular weight is 428 g/mol. The third kappa shape index (κ3) is 4.04. The summed E-state index contributed by atoms with van der Waals surface area (Å²) in [6, 6.07) is 13.7. The van der Waals surface area contributed by atoms with E-state index in [1.54, 1.807) is 12.4 Å². The highest BCUT2D eigenvalue weighted by molar-refractivity contribution is 5.91. The molecule has 0 saturated carbocycles. The van der Waals surface area contributed by atoms with E-state index in [4.69, 9.17) is 4.98 Å². The second-order valence-electron chi connectivity index (χ2n) is 9.15. The van der Waals surface area contributed by atoms with Crippen LogP contribution in [0, 0.1) is 5.41 Å². The van der Waals surface area contributed by atoms with Crippen LogP contribution in [-0.4, -0.2) is 41.5 Å². The van der Waals surface area contributed by atoms with Crippen molar-refractivity contribution >= 4 is 27.8 Å². The maximum Gasteiger partial charge on any atom is 0.161 e. The van der Waals surface area contributed by atoms with Crippen LogP contribution in [0.1, 0.15) is 27.2 Å². The molecule has 8 nitrogen and oxygen atoms in total. The first-order valence-electron chi connectivity index (χ1n) is 10.6. The molecule has 0 aliphatic heterocycles. The second kappa shape index (κ2) is 7.72. The lowest BCUT2D eigenvalue weighted by atomic mass is 9.91. The van der Waals surface area contributed by atoms with Crippen LogP contribution in [-0.2, 0) is 0 Å². The van der Waals surface area contributed by atoms with E-state index < -0.39 is 6.23 Å². The van der Waals surface area contributed by atoms with Crippen LogP contribution < -0.4 is 5.32 Å². The summed E-state index contributed by atoms with van der Waals surface area (Å²) in [5.41, 5.74) is 6.41. The molecule has 4 aromatic heterocycles. The summed E-state index contributed by atoms with van der Waals surface area (Å²) in [5, 5.41) is 21.0. The first-order chi connectivity index (χ1) is 15.4. The van der Waals surface area contributed by atoms with Crippen LogP contribution in [0.25, 0.3) is 44.8 Å². The largest absolute Gasteiger partial charge is 0.374 e. The highest BCUT2D eigenvalue weighted by atomic mass is 16.3. The van der Waals surface area contributed by atoms with Crippen LogP contribution in [0.2, 0.25) is 0 Å². The fourth-order valence-corrected chi connectivity index (χ4v) is 3.77. The number of nitrogens with one attached hydrogen (secondary N) is 3. The Labute approximate surface area is 185 Å². The quantitative estimate of drug-likeness (QED) is 0.301. The summed E-state index contributed by atoms with van der Waals surface area (Å²) in [5.74, 6) is 0.668. The van der Waals surface area contributed by atoms with E-state index in [2.05, 4.69) is 51.2 Å². The van der Waals surface area contributed by atoms with Gasteiger partial charge < -0.3 is 15.4 Å². The Kier molecular flexibility index (Phi) is 4.86. The van der Waals surface area contributed by atoms with Gasteiger partial charge in [-0.2, -0.15) is 5.10 Å². The van der Waals surface area contributed by atoms with Crippen molar-refractivity contribution in [2.24, 2.45) is 5.41 Å². The summed E-state index contributed by atoms with van der Waals surface area (Å²) >= 11 is 0. The van der Waals surface area contributed by atoms with Gasteiger partial charge in [0.2, 0.25) is 0 Å². The number of H-pyrrole nitrogens is 2. The number of aliphatic hydroxyl groups excluding tert-OH is 1. The summed E-state index contributed by atoms with van der Waals surface area (Å²) in [6.45, 7) is 6.28.